The summed E-state index contributed by atoms with van der Waals surface area (Å²) >= 11 is 0. The van der Waals surface area contributed by atoms with E-state index in [0.29, 0.717) is 12.8 Å². The van der Waals surface area contributed by atoms with Crippen LogP contribution in [0.3, 0.4) is 0 Å². The molecule has 1 N–H and O–H groups in total. The second-order valence-corrected chi connectivity index (χ2v) is 6.28. The first-order valence-electron chi connectivity index (χ1n) is 8.09. The summed E-state index contributed by atoms with van der Waals surface area (Å²) in [5, 5.41) is 11.9. The lowest BCUT2D eigenvalue weighted by Gasteiger charge is -2.26. The number of carbonyl (C=O) groups is 1. The lowest BCUT2D eigenvalue weighted by atomic mass is 10.0. The molecule has 2 aromatic rings. The summed E-state index contributed by atoms with van der Waals surface area (Å²) in [6, 6.07) is 14.5. The van der Waals surface area contributed by atoms with Crippen LogP contribution in [0.4, 0.5) is 0 Å². The van der Waals surface area contributed by atoms with E-state index in [1.807, 2.05) is 29.2 Å². The molecule has 2 unspecified atom stereocenters. The van der Waals surface area contributed by atoms with Gasteiger partial charge in [0.05, 0.1) is 12.5 Å². The SMILES string of the molecule is CC(O)CC1CCCN1C(=O)Cc1cccc2ccccc12. The molecular weight excluding hydrogens is 274 g/mol. The van der Waals surface area contributed by atoms with Gasteiger partial charge in [-0.05, 0) is 42.5 Å². The number of likely N-dealkylation sites (tertiary alicyclic amines) is 1. The molecule has 22 heavy (non-hydrogen) atoms. The van der Waals surface area contributed by atoms with Crippen LogP contribution in [-0.4, -0.2) is 34.6 Å². The van der Waals surface area contributed by atoms with Gasteiger partial charge >= 0.3 is 0 Å². The maximum absolute atomic E-state index is 12.7. The zero-order valence-electron chi connectivity index (χ0n) is 13.0. The zero-order chi connectivity index (χ0) is 15.5. The van der Waals surface area contributed by atoms with Crippen LogP contribution in [0.5, 0.6) is 0 Å². The van der Waals surface area contributed by atoms with Crippen LogP contribution >= 0.6 is 0 Å². The highest BCUT2D eigenvalue weighted by Gasteiger charge is 2.29. The first-order valence-corrected chi connectivity index (χ1v) is 8.09. The van der Waals surface area contributed by atoms with Crippen LogP contribution in [0.25, 0.3) is 10.8 Å². The van der Waals surface area contributed by atoms with Gasteiger partial charge < -0.3 is 10.0 Å². The summed E-state index contributed by atoms with van der Waals surface area (Å²) in [7, 11) is 0. The highest BCUT2D eigenvalue weighted by atomic mass is 16.3. The van der Waals surface area contributed by atoms with Gasteiger partial charge in [0.15, 0.2) is 0 Å². The van der Waals surface area contributed by atoms with Gasteiger partial charge in [0.2, 0.25) is 5.91 Å². The molecule has 0 spiro atoms. The fourth-order valence-corrected chi connectivity index (χ4v) is 3.51. The number of aliphatic hydroxyl groups excluding tert-OH is 1. The van der Waals surface area contributed by atoms with Crippen molar-refractivity contribution in [3.05, 3.63) is 48.0 Å². The number of nitrogens with zero attached hydrogens (tertiary/aromatic N) is 1. The van der Waals surface area contributed by atoms with Crippen molar-refractivity contribution in [2.45, 2.75) is 44.8 Å². The highest BCUT2D eigenvalue weighted by Crippen LogP contribution is 2.24. The minimum absolute atomic E-state index is 0.180. The molecule has 2 atom stereocenters. The summed E-state index contributed by atoms with van der Waals surface area (Å²) in [4.78, 5) is 14.7. The van der Waals surface area contributed by atoms with Crippen LogP contribution in [0.1, 0.15) is 31.7 Å². The van der Waals surface area contributed by atoms with E-state index in [2.05, 4.69) is 18.2 Å². The Kier molecular flexibility index (Phi) is 4.44. The number of rotatable bonds is 4. The van der Waals surface area contributed by atoms with Crippen LogP contribution < -0.4 is 0 Å². The molecule has 1 fully saturated rings. The molecule has 0 bridgehead atoms. The first-order chi connectivity index (χ1) is 10.6. The fraction of sp³-hybridized carbons (Fsp3) is 0.421. The molecule has 1 saturated heterocycles. The predicted molar refractivity (Wildman–Crippen MR) is 88.7 cm³/mol. The Morgan fingerprint density at radius 1 is 1.27 bits per heavy atom. The van der Waals surface area contributed by atoms with Crippen molar-refractivity contribution in [3.63, 3.8) is 0 Å². The van der Waals surface area contributed by atoms with E-state index in [0.717, 1.165) is 30.3 Å². The van der Waals surface area contributed by atoms with Gasteiger partial charge in [-0.1, -0.05) is 42.5 Å². The van der Waals surface area contributed by atoms with E-state index >= 15 is 0 Å². The standard InChI is InChI=1S/C19H23NO2/c1-14(21)12-17-9-5-11-20(17)19(22)13-16-8-4-7-15-6-2-3-10-18(15)16/h2-4,6-8,10,14,17,21H,5,9,11-13H2,1H3. The van der Waals surface area contributed by atoms with Gasteiger partial charge in [-0.25, -0.2) is 0 Å². The van der Waals surface area contributed by atoms with E-state index in [-0.39, 0.29) is 18.1 Å². The minimum Gasteiger partial charge on any atom is -0.393 e. The topological polar surface area (TPSA) is 40.5 Å². The van der Waals surface area contributed by atoms with E-state index in [1.165, 1.54) is 5.39 Å². The number of fused-ring (bicyclic) bond motifs is 1. The van der Waals surface area contributed by atoms with Gasteiger partial charge in [-0.15, -0.1) is 0 Å². The maximum Gasteiger partial charge on any atom is 0.227 e. The average Bonchev–Trinajstić information content (AvgIpc) is 2.95. The lowest BCUT2D eigenvalue weighted by molar-refractivity contribution is -0.131. The third kappa shape index (κ3) is 3.14. The van der Waals surface area contributed by atoms with Gasteiger partial charge in [-0.3, -0.25) is 4.79 Å². The van der Waals surface area contributed by atoms with E-state index in [1.54, 1.807) is 6.92 Å². The Bertz CT molecular complexity index is 660. The monoisotopic (exact) mass is 297 g/mol. The average molecular weight is 297 g/mol. The Morgan fingerprint density at radius 2 is 2.05 bits per heavy atom. The molecule has 116 valence electrons. The molecule has 3 rings (SSSR count). The van der Waals surface area contributed by atoms with Crippen molar-refractivity contribution in [3.8, 4) is 0 Å². The van der Waals surface area contributed by atoms with Crippen molar-refractivity contribution in [2.24, 2.45) is 0 Å². The molecule has 1 aliphatic heterocycles. The van der Waals surface area contributed by atoms with Crippen LogP contribution in [0, 0.1) is 0 Å². The van der Waals surface area contributed by atoms with Crippen molar-refractivity contribution >= 4 is 16.7 Å². The van der Waals surface area contributed by atoms with Crippen LogP contribution in [0.15, 0.2) is 42.5 Å². The molecule has 0 radical (unpaired) electrons. The normalized spacial score (nSPS) is 19.5. The lowest BCUT2D eigenvalue weighted by Crippen LogP contribution is -2.38. The molecule has 3 heteroatoms. The number of carbonyl (C=O) groups excluding carboxylic acids is 1. The van der Waals surface area contributed by atoms with Crippen molar-refractivity contribution in [2.75, 3.05) is 6.54 Å². The molecule has 1 heterocycles. The zero-order valence-corrected chi connectivity index (χ0v) is 13.0. The van der Waals surface area contributed by atoms with Gasteiger partial charge in [0, 0.05) is 12.6 Å². The van der Waals surface area contributed by atoms with Crippen molar-refractivity contribution < 1.29 is 9.90 Å². The van der Waals surface area contributed by atoms with E-state index < -0.39 is 0 Å². The fourth-order valence-electron chi connectivity index (χ4n) is 3.51. The maximum atomic E-state index is 12.7. The second kappa shape index (κ2) is 6.49. The number of benzene rings is 2. The van der Waals surface area contributed by atoms with Crippen LogP contribution in [-0.2, 0) is 11.2 Å². The molecule has 0 aromatic heterocycles. The van der Waals surface area contributed by atoms with Gasteiger partial charge in [0.25, 0.3) is 0 Å². The Hall–Kier alpha value is -1.87. The summed E-state index contributed by atoms with van der Waals surface area (Å²) in [6.07, 6.45) is 2.82. The largest absolute Gasteiger partial charge is 0.393 e. The smallest absolute Gasteiger partial charge is 0.227 e. The van der Waals surface area contributed by atoms with Gasteiger partial charge in [0.1, 0.15) is 0 Å². The molecule has 1 amide bonds. The van der Waals surface area contributed by atoms with Crippen molar-refractivity contribution in [1.29, 1.82) is 0 Å². The second-order valence-electron chi connectivity index (χ2n) is 6.28. The minimum atomic E-state index is -0.351. The third-order valence-electron chi connectivity index (χ3n) is 4.53. The third-order valence-corrected chi connectivity index (χ3v) is 4.53. The van der Waals surface area contributed by atoms with Crippen LogP contribution in [0.2, 0.25) is 0 Å². The number of amides is 1. The van der Waals surface area contributed by atoms with E-state index in [4.69, 9.17) is 0 Å². The predicted octanol–water partition coefficient (Wildman–Crippen LogP) is 3.14. The Labute approximate surface area is 131 Å². The summed E-state index contributed by atoms with van der Waals surface area (Å²) < 4.78 is 0. The highest BCUT2D eigenvalue weighted by molar-refractivity contribution is 5.90. The number of aliphatic hydroxyl groups is 1. The summed E-state index contributed by atoms with van der Waals surface area (Å²) in [5.41, 5.74) is 1.09. The molecule has 0 saturated carbocycles. The molecular formula is C19H23NO2. The van der Waals surface area contributed by atoms with Gasteiger partial charge in [-0.2, -0.15) is 0 Å². The Morgan fingerprint density at radius 3 is 2.86 bits per heavy atom. The van der Waals surface area contributed by atoms with Crippen molar-refractivity contribution in [1.82, 2.24) is 4.90 Å². The molecule has 0 aliphatic carbocycles. The number of hydrogen-bond donors (Lipinski definition) is 1. The number of hydrogen-bond acceptors (Lipinski definition) is 2. The molecule has 1 aliphatic rings. The molecule has 2 aromatic carbocycles. The Balaban J connectivity index is 1.78. The quantitative estimate of drug-likeness (QED) is 0.942. The summed E-state index contributed by atoms with van der Waals surface area (Å²) in [5.74, 6) is 0.180. The van der Waals surface area contributed by atoms with E-state index in [9.17, 15) is 9.90 Å². The summed E-state index contributed by atoms with van der Waals surface area (Å²) in [6.45, 7) is 2.62. The molecule has 3 nitrogen and oxygen atoms in total. The first kappa shape index (κ1) is 15.0.